The SMILES string of the molecule is COC(=O)CN1C(=O)C(=O)NC(Cc2ccccc2)C1=O. The maximum absolute atomic E-state index is 12.2. The Labute approximate surface area is 120 Å². The number of hydrogen-bond acceptors (Lipinski definition) is 5. The van der Waals surface area contributed by atoms with Gasteiger partial charge >= 0.3 is 17.8 Å². The number of hydrogen-bond donors (Lipinski definition) is 1. The first-order valence-electron chi connectivity index (χ1n) is 6.30. The van der Waals surface area contributed by atoms with Gasteiger partial charge in [-0.05, 0) is 5.56 Å². The van der Waals surface area contributed by atoms with E-state index in [4.69, 9.17) is 0 Å². The molecule has 0 saturated carbocycles. The van der Waals surface area contributed by atoms with Crippen LogP contribution in [0.1, 0.15) is 5.56 Å². The average Bonchev–Trinajstić information content (AvgIpc) is 2.50. The summed E-state index contributed by atoms with van der Waals surface area (Å²) in [5.41, 5.74) is 0.837. The van der Waals surface area contributed by atoms with Crippen molar-refractivity contribution in [1.82, 2.24) is 10.2 Å². The third-order valence-corrected chi connectivity index (χ3v) is 3.11. The molecule has 2 rings (SSSR count). The van der Waals surface area contributed by atoms with Crippen molar-refractivity contribution in [3.05, 3.63) is 35.9 Å². The molecule has 1 aromatic rings. The Balaban J connectivity index is 2.16. The van der Waals surface area contributed by atoms with Gasteiger partial charge in [0.05, 0.1) is 7.11 Å². The third-order valence-electron chi connectivity index (χ3n) is 3.11. The number of benzene rings is 1. The van der Waals surface area contributed by atoms with Crippen LogP contribution in [-0.4, -0.2) is 48.3 Å². The van der Waals surface area contributed by atoms with Crippen LogP contribution < -0.4 is 5.32 Å². The normalized spacial score (nSPS) is 18.4. The van der Waals surface area contributed by atoms with E-state index in [0.29, 0.717) is 4.90 Å². The van der Waals surface area contributed by atoms with Crippen LogP contribution in [0.4, 0.5) is 0 Å². The topological polar surface area (TPSA) is 92.8 Å². The third kappa shape index (κ3) is 3.25. The molecule has 1 N–H and O–H groups in total. The molecule has 0 aliphatic carbocycles. The molecule has 0 bridgehead atoms. The minimum absolute atomic E-state index is 0.246. The Morgan fingerprint density at radius 3 is 2.52 bits per heavy atom. The van der Waals surface area contributed by atoms with E-state index in [2.05, 4.69) is 10.1 Å². The van der Waals surface area contributed by atoms with Crippen LogP contribution >= 0.6 is 0 Å². The highest BCUT2D eigenvalue weighted by molar-refractivity contribution is 6.40. The largest absolute Gasteiger partial charge is 0.468 e. The molecule has 110 valence electrons. The molecule has 7 nitrogen and oxygen atoms in total. The molecule has 1 heterocycles. The van der Waals surface area contributed by atoms with Crippen LogP contribution in [0.2, 0.25) is 0 Å². The Morgan fingerprint density at radius 2 is 1.90 bits per heavy atom. The predicted octanol–water partition coefficient (Wildman–Crippen LogP) is -0.744. The number of nitrogens with zero attached hydrogens (tertiary/aromatic N) is 1. The highest BCUT2D eigenvalue weighted by Gasteiger charge is 2.40. The van der Waals surface area contributed by atoms with Gasteiger partial charge in [-0.2, -0.15) is 0 Å². The van der Waals surface area contributed by atoms with Crippen molar-refractivity contribution >= 4 is 23.7 Å². The molecule has 3 amide bonds. The first kappa shape index (κ1) is 14.7. The number of nitrogens with one attached hydrogen (secondary N) is 1. The van der Waals surface area contributed by atoms with Crippen molar-refractivity contribution in [3.63, 3.8) is 0 Å². The van der Waals surface area contributed by atoms with Crippen LogP contribution in [0.3, 0.4) is 0 Å². The van der Waals surface area contributed by atoms with E-state index >= 15 is 0 Å². The first-order chi connectivity index (χ1) is 10.0. The van der Waals surface area contributed by atoms with E-state index < -0.39 is 36.3 Å². The molecular weight excluding hydrogens is 276 g/mol. The molecule has 0 aromatic heterocycles. The van der Waals surface area contributed by atoms with Gasteiger partial charge in [-0.1, -0.05) is 30.3 Å². The summed E-state index contributed by atoms with van der Waals surface area (Å²) in [5.74, 6) is -3.33. The quantitative estimate of drug-likeness (QED) is 0.448. The van der Waals surface area contributed by atoms with Gasteiger partial charge in [-0.15, -0.1) is 0 Å². The summed E-state index contributed by atoms with van der Waals surface area (Å²) < 4.78 is 4.42. The number of methoxy groups -OCH3 is 1. The van der Waals surface area contributed by atoms with Crippen LogP contribution in [0.5, 0.6) is 0 Å². The lowest BCUT2D eigenvalue weighted by Crippen LogP contribution is -2.62. The van der Waals surface area contributed by atoms with Gasteiger partial charge in [0.25, 0.3) is 5.91 Å². The average molecular weight is 290 g/mol. The van der Waals surface area contributed by atoms with Crippen molar-refractivity contribution in [1.29, 1.82) is 0 Å². The maximum Gasteiger partial charge on any atom is 0.325 e. The van der Waals surface area contributed by atoms with E-state index in [1.54, 1.807) is 12.1 Å². The smallest absolute Gasteiger partial charge is 0.325 e. The fourth-order valence-electron chi connectivity index (χ4n) is 2.02. The summed E-state index contributed by atoms with van der Waals surface area (Å²) in [7, 11) is 1.14. The van der Waals surface area contributed by atoms with Crippen molar-refractivity contribution in [2.75, 3.05) is 13.7 Å². The second-order valence-corrected chi connectivity index (χ2v) is 4.52. The number of piperazine rings is 1. The highest BCUT2D eigenvalue weighted by Crippen LogP contribution is 2.10. The van der Waals surface area contributed by atoms with Crippen molar-refractivity contribution in [2.45, 2.75) is 12.5 Å². The maximum atomic E-state index is 12.2. The summed E-state index contributed by atoms with van der Waals surface area (Å²) >= 11 is 0. The second-order valence-electron chi connectivity index (χ2n) is 4.52. The van der Waals surface area contributed by atoms with Gasteiger partial charge in [0.1, 0.15) is 12.6 Å². The lowest BCUT2D eigenvalue weighted by Gasteiger charge is -2.30. The molecule has 1 fully saturated rings. The van der Waals surface area contributed by atoms with E-state index in [1.807, 2.05) is 18.2 Å². The molecule has 1 aromatic carbocycles. The number of ether oxygens (including phenoxy) is 1. The number of rotatable bonds is 4. The summed E-state index contributed by atoms with van der Waals surface area (Å²) in [5, 5.41) is 2.35. The van der Waals surface area contributed by atoms with E-state index in [9.17, 15) is 19.2 Å². The number of amides is 3. The van der Waals surface area contributed by atoms with Gasteiger partial charge < -0.3 is 10.1 Å². The minimum Gasteiger partial charge on any atom is -0.468 e. The summed E-state index contributed by atoms with van der Waals surface area (Å²) in [6.45, 7) is -0.563. The lowest BCUT2D eigenvalue weighted by atomic mass is 10.0. The van der Waals surface area contributed by atoms with Crippen LogP contribution in [0, 0.1) is 0 Å². The zero-order chi connectivity index (χ0) is 15.4. The first-order valence-corrected chi connectivity index (χ1v) is 6.30. The molecular formula is C14H14N2O5. The van der Waals surface area contributed by atoms with Crippen LogP contribution in [-0.2, 0) is 30.3 Å². The predicted molar refractivity (Wildman–Crippen MR) is 70.8 cm³/mol. The zero-order valence-electron chi connectivity index (χ0n) is 11.4. The highest BCUT2D eigenvalue weighted by atomic mass is 16.5. The van der Waals surface area contributed by atoms with Crippen LogP contribution in [0.15, 0.2) is 30.3 Å². The molecule has 21 heavy (non-hydrogen) atoms. The zero-order valence-corrected chi connectivity index (χ0v) is 11.4. The molecule has 1 aliphatic heterocycles. The van der Waals surface area contributed by atoms with Crippen LogP contribution in [0.25, 0.3) is 0 Å². The Hall–Kier alpha value is -2.70. The van der Waals surface area contributed by atoms with Gasteiger partial charge in [0.2, 0.25) is 0 Å². The Morgan fingerprint density at radius 1 is 1.24 bits per heavy atom. The van der Waals surface area contributed by atoms with E-state index in [0.717, 1.165) is 12.7 Å². The molecule has 1 saturated heterocycles. The van der Waals surface area contributed by atoms with Gasteiger partial charge in [-0.3, -0.25) is 24.1 Å². The van der Waals surface area contributed by atoms with Crippen molar-refractivity contribution in [2.24, 2.45) is 0 Å². The molecule has 0 radical (unpaired) electrons. The van der Waals surface area contributed by atoms with E-state index in [-0.39, 0.29) is 6.42 Å². The molecule has 7 heteroatoms. The minimum atomic E-state index is -1.05. The molecule has 1 atom stereocenters. The molecule has 1 aliphatic rings. The second kappa shape index (κ2) is 6.17. The monoisotopic (exact) mass is 290 g/mol. The van der Waals surface area contributed by atoms with Gasteiger partial charge in [0, 0.05) is 6.42 Å². The molecule has 0 spiro atoms. The lowest BCUT2D eigenvalue weighted by molar-refractivity contribution is -0.162. The van der Waals surface area contributed by atoms with Crippen molar-refractivity contribution in [3.8, 4) is 0 Å². The number of esters is 1. The fraction of sp³-hybridized carbons (Fsp3) is 0.286. The standard InChI is InChI=1S/C14H14N2O5/c1-21-11(17)8-16-13(19)10(15-12(18)14(16)20)7-9-5-3-2-4-6-9/h2-6,10H,7-8H2,1H3,(H,15,18). The summed E-state index contributed by atoms with van der Waals surface area (Å²) in [6, 6.07) is 8.19. The van der Waals surface area contributed by atoms with Crippen molar-refractivity contribution < 1.29 is 23.9 Å². The number of imide groups is 1. The Bertz CT molecular complexity index is 584. The summed E-state index contributed by atoms with van der Waals surface area (Å²) in [4.78, 5) is 47.4. The van der Waals surface area contributed by atoms with Gasteiger partial charge in [0.15, 0.2) is 0 Å². The van der Waals surface area contributed by atoms with E-state index in [1.165, 1.54) is 0 Å². The van der Waals surface area contributed by atoms with Gasteiger partial charge in [-0.25, -0.2) is 0 Å². The number of carbonyl (C=O) groups excluding carboxylic acids is 4. The fourth-order valence-corrected chi connectivity index (χ4v) is 2.02. The Kier molecular flexibility index (Phi) is 4.32. The summed E-state index contributed by atoms with van der Waals surface area (Å²) in [6.07, 6.45) is 0.246. The number of carbonyl (C=O) groups is 4. The molecule has 1 unspecified atom stereocenters.